The predicted octanol–water partition coefficient (Wildman–Crippen LogP) is 3.00. The number of aryl methyl sites for hydroxylation is 1. The topological polar surface area (TPSA) is 34.6 Å². The zero-order valence-corrected chi connectivity index (χ0v) is 14.2. The summed E-state index contributed by atoms with van der Waals surface area (Å²) < 4.78 is 12.1. The zero-order chi connectivity index (χ0) is 14.9. The Morgan fingerprint density at radius 1 is 1.32 bits per heavy atom. The Morgan fingerprint density at radius 3 is 3.00 bits per heavy atom. The molecule has 5 heteroatoms. The fraction of sp³-hybridized carbons (Fsp3) is 0.824. The second kappa shape index (κ2) is 6.56. The standard InChI is InChI=1S/C17H26N2O2S/c1-12-18-14(11-22-12)9-20-10-15-4-5-16-17(21-15)6-7-19(16)8-13-2-3-13/h11,13,15-17H,2-10H2,1H3/t15-,16+,17+/m0/s1. The van der Waals surface area contributed by atoms with Gasteiger partial charge in [0.1, 0.15) is 0 Å². The van der Waals surface area contributed by atoms with Gasteiger partial charge in [0, 0.05) is 24.5 Å². The summed E-state index contributed by atoms with van der Waals surface area (Å²) in [5.41, 5.74) is 1.05. The molecule has 0 radical (unpaired) electrons. The highest BCUT2D eigenvalue weighted by molar-refractivity contribution is 7.09. The van der Waals surface area contributed by atoms with E-state index in [2.05, 4.69) is 15.3 Å². The number of rotatable bonds is 6. The highest BCUT2D eigenvalue weighted by Gasteiger charge is 2.41. The molecule has 0 amide bonds. The monoisotopic (exact) mass is 322 g/mol. The molecule has 0 N–H and O–H groups in total. The second-order valence-electron chi connectivity index (χ2n) is 7.04. The largest absolute Gasteiger partial charge is 0.372 e. The minimum absolute atomic E-state index is 0.279. The van der Waals surface area contributed by atoms with Crippen LogP contribution in [0.25, 0.3) is 0 Å². The third-order valence-corrected chi connectivity index (χ3v) is 5.98. The van der Waals surface area contributed by atoms with Gasteiger partial charge in [0.15, 0.2) is 0 Å². The van der Waals surface area contributed by atoms with Crippen LogP contribution in [0.4, 0.5) is 0 Å². The van der Waals surface area contributed by atoms with Crippen molar-refractivity contribution < 1.29 is 9.47 Å². The van der Waals surface area contributed by atoms with E-state index >= 15 is 0 Å². The molecule has 2 saturated heterocycles. The number of hydrogen-bond donors (Lipinski definition) is 0. The Hall–Kier alpha value is -0.490. The third-order valence-electron chi connectivity index (χ3n) is 5.16. The third kappa shape index (κ3) is 3.53. The Balaban J connectivity index is 1.21. The Bertz CT molecular complexity index is 503. The van der Waals surface area contributed by atoms with E-state index in [-0.39, 0.29) is 6.10 Å². The van der Waals surface area contributed by atoms with Crippen LogP contribution >= 0.6 is 11.3 Å². The van der Waals surface area contributed by atoms with Crippen LogP contribution in [0.5, 0.6) is 0 Å². The lowest BCUT2D eigenvalue weighted by molar-refractivity contribution is -0.102. The molecule has 3 fully saturated rings. The van der Waals surface area contributed by atoms with Gasteiger partial charge in [-0.05, 0) is 44.9 Å². The number of fused-ring (bicyclic) bond motifs is 1. The molecule has 1 saturated carbocycles. The molecule has 2 aliphatic heterocycles. The van der Waals surface area contributed by atoms with Crippen LogP contribution in [0.3, 0.4) is 0 Å². The highest BCUT2D eigenvalue weighted by atomic mass is 32.1. The summed E-state index contributed by atoms with van der Waals surface area (Å²) in [6.45, 7) is 5.91. The quantitative estimate of drug-likeness (QED) is 0.806. The van der Waals surface area contributed by atoms with Gasteiger partial charge in [0.25, 0.3) is 0 Å². The number of ether oxygens (including phenoxy) is 2. The van der Waals surface area contributed by atoms with Crippen molar-refractivity contribution >= 4 is 11.3 Å². The maximum atomic E-state index is 6.30. The molecule has 4 rings (SSSR count). The van der Waals surface area contributed by atoms with Crippen molar-refractivity contribution in [2.24, 2.45) is 5.92 Å². The van der Waals surface area contributed by atoms with Crippen molar-refractivity contribution in [3.8, 4) is 0 Å². The van der Waals surface area contributed by atoms with E-state index in [4.69, 9.17) is 9.47 Å². The van der Waals surface area contributed by atoms with Gasteiger partial charge < -0.3 is 9.47 Å². The minimum Gasteiger partial charge on any atom is -0.372 e. The summed E-state index contributed by atoms with van der Waals surface area (Å²) in [6, 6.07) is 0.679. The lowest BCUT2D eigenvalue weighted by Crippen LogP contribution is -2.44. The number of aromatic nitrogens is 1. The van der Waals surface area contributed by atoms with Crippen molar-refractivity contribution in [3.05, 3.63) is 16.1 Å². The van der Waals surface area contributed by atoms with Crippen LogP contribution < -0.4 is 0 Å². The summed E-state index contributed by atoms with van der Waals surface area (Å²) in [5, 5.41) is 3.19. The van der Waals surface area contributed by atoms with Crippen molar-refractivity contribution in [1.82, 2.24) is 9.88 Å². The molecule has 1 aliphatic carbocycles. The second-order valence-corrected chi connectivity index (χ2v) is 8.10. The molecule has 0 spiro atoms. The summed E-state index contributed by atoms with van der Waals surface area (Å²) in [5.74, 6) is 0.987. The van der Waals surface area contributed by atoms with E-state index in [1.807, 2.05) is 6.92 Å². The smallest absolute Gasteiger partial charge is 0.0898 e. The summed E-state index contributed by atoms with van der Waals surface area (Å²) in [7, 11) is 0. The summed E-state index contributed by atoms with van der Waals surface area (Å²) in [4.78, 5) is 7.13. The lowest BCUT2D eigenvalue weighted by Gasteiger charge is -2.36. The van der Waals surface area contributed by atoms with Crippen LogP contribution in [0.2, 0.25) is 0 Å². The molecule has 22 heavy (non-hydrogen) atoms. The maximum Gasteiger partial charge on any atom is 0.0898 e. The van der Waals surface area contributed by atoms with Crippen molar-refractivity contribution in [2.45, 2.75) is 63.9 Å². The zero-order valence-electron chi connectivity index (χ0n) is 13.4. The van der Waals surface area contributed by atoms with Crippen molar-refractivity contribution in [2.75, 3.05) is 19.7 Å². The van der Waals surface area contributed by atoms with Gasteiger partial charge in [0.2, 0.25) is 0 Å². The van der Waals surface area contributed by atoms with Crippen LogP contribution in [0.15, 0.2) is 5.38 Å². The Kier molecular flexibility index (Phi) is 4.49. The molecule has 1 aromatic rings. The van der Waals surface area contributed by atoms with Crippen LogP contribution in [-0.2, 0) is 16.1 Å². The number of nitrogens with zero attached hydrogens (tertiary/aromatic N) is 2. The van der Waals surface area contributed by atoms with Crippen LogP contribution in [0, 0.1) is 12.8 Å². The fourth-order valence-corrected chi connectivity index (χ4v) is 4.43. The van der Waals surface area contributed by atoms with Gasteiger partial charge >= 0.3 is 0 Å². The summed E-state index contributed by atoms with van der Waals surface area (Å²) in [6.07, 6.45) is 7.24. The SMILES string of the molecule is Cc1nc(COC[C@@H]2CC[C@@H]3[C@@H](CCN3CC3CC3)O2)cs1. The van der Waals surface area contributed by atoms with Crippen LogP contribution in [0.1, 0.15) is 42.8 Å². The van der Waals surface area contributed by atoms with E-state index in [0.29, 0.717) is 25.4 Å². The number of likely N-dealkylation sites (tertiary alicyclic amines) is 1. The normalized spacial score (nSPS) is 32.3. The molecular formula is C17H26N2O2S. The van der Waals surface area contributed by atoms with E-state index in [1.54, 1.807) is 11.3 Å². The number of hydrogen-bond acceptors (Lipinski definition) is 5. The molecular weight excluding hydrogens is 296 g/mol. The van der Waals surface area contributed by atoms with Gasteiger partial charge in [-0.1, -0.05) is 0 Å². The highest BCUT2D eigenvalue weighted by Crippen LogP contribution is 2.36. The molecule has 0 aromatic carbocycles. The fourth-order valence-electron chi connectivity index (χ4n) is 3.84. The molecule has 0 bridgehead atoms. The maximum absolute atomic E-state index is 6.30. The first kappa shape index (κ1) is 15.1. The predicted molar refractivity (Wildman–Crippen MR) is 87.1 cm³/mol. The van der Waals surface area contributed by atoms with Gasteiger partial charge in [0.05, 0.1) is 36.1 Å². The first-order valence-electron chi connectivity index (χ1n) is 8.66. The molecule has 3 aliphatic rings. The van der Waals surface area contributed by atoms with E-state index in [1.165, 1.54) is 38.8 Å². The molecule has 0 unspecified atom stereocenters. The molecule has 122 valence electrons. The van der Waals surface area contributed by atoms with Gasteiger partial charge in [-0.15, -0.1) is 11.3 Å². The Morgan fingerprint density at radius 2 is 2.23 bits per heavy atom. The first-order chi connectivity index (χ1) is 10.8. The first-order valence-corrected chi connectivity index (χ1v) is 9.54. The summed E-state index contributed by atoms with van der Waals surface area (Å²) >= 11 is 1.69. The van der Waals surface area contributed by atoms with Crippen molar-refractivity contribution in [1.29, 1.82) is 0 Å². The van der Waals surface area contributed by atoms with Crippen LogP contribution in [-0.4, -0.2) is 47.8 Å². The number of thiazole rings is 1. The van der Waals surface area contributed by atoms with E-state index in [9.17, 15) is 0 Å². The average molecular weight is 322 g/mol. The van der Waals surface area contributed by atoms with E-state index < -0.39 is 0 Å². The van der Waals surface area contributed by atoms with Gasteiger partial charge in [-0.25, -0.2) is 4.98 Å². The average Bonchev–Trinajstić information content (AvgIpc) is 3.10. The molecule has 3 atom stereocenters. The van der Waals surface area contributed by atoms with Gasteiger partial charge in [-0.2, -0.15) is 0 Å². The lowest BCUT2D eigenvalue weighted by atomic mass is 9.99. The molecule has 3 heterocycles. The molecule has 1 aromatic heterocycles. The van der Waals surface area contributed by atoms with E-state index in [0.717, 1.165) is 23.0 Å². The van der Waals surface area contributed by atoms with Gasteiger partial charge in [-0.3, -0.25) is 4.90 Å². The molecule has 4 nitrogen and oxygen atoms in total. The van der Waals surface area contributed by atoms with Crippen molar-refractivity contribution in [3.63, 3.8) is 0 Å². The Labute approximate surface area is 136 Å². The minimum atomic E-state index is 0.279.